The zero-order valence-corrected chi connectivity index (χ0v) is 18.7. The van der Waals surface area contributed by atoms with Gasteiger partial charge in [-0.05, 0) is 43.5 Å². The van der Waals surface area contributed by atoms with E-state index in [2.05, 4.69) is 11.8 Å². The van der Waals surface area contributed by atoms with E-state index in [0.29, 0.717) is 25.7 Å². The number of aryl methyl sites for hydroxylation is 1. The molecule has 1 aliphatic rings. The van der Waals surface area contributed by atoms with Crippen molar-refractivity contribution in [2.24, 2.45) is 0 Å². The lowest BCUT2D eigenvalue weighted by Gasteiger charge is -2.21. The fourth-order valence-electron chi connectivity index (χ4n) is 3.57. The van der Waals surface area contributed by atoms with Gasteiger partial charge in [-0.15, -0.1) is 11.3 Å². The number of nitrogens with zero attached hydrogens (tertiary/aromatic N) is 1. The van der Waals surface area contributed by atoms with Gasteiger partial charge in [-0.2, -0.15) is 8.78 Å². The van der Waals surface area contributed by atoms with Gasteiger partial charge < -0.3 is 15.1 Å². The van der Waals surface area contributed by atoms with Crippen LogP contribution in [0.1, 0.15) is 45.8 Å². The van der Waals surface area contributed by atoms with Crippen LogP contribution < -0.4 is 0 Å². The summed E-state index contributed by atoms with van der Waals surface area (Å²) < 4.78 is 28.1. The van der Waals surface area contributed by atoms with Gasteiger partial charge in [-0.3, -0.25) is 4.79 Å². The monoisotopic (exact) mass is 473 g/mol. The number of alkyl halides is 2. The molecule has 3 rings (SSSR count). The number of likely N-dealkylation sites (tertiary alicyclic amines) is 1. The van der Waals surface area contributed by atoms with Crippen LogP contribution in [0.4, 0.5) is 8.78 Å². The van der Waals surface area contributed by atoms with E-state index in [0.717, 1.165) is 26.7 Å². The smallest absolute Gasteiger partial charge is 0.345 e. The van der Waals surface area contributed by atoms with Gasteiger partial charge in [-0.25, -0.2) is 4.79 Å². The Labute approximate surface area is 195 Å². The second kappa shape index (κ2) is 11.2. The van der Waals surface area contributed by atoms with Crippen molar-refractivity contribution in [1.82, 2.24) is 4.90 Å². The lowest BCUT2D eigenvalue weighted by atomic mass is 10.1. The van der Waals surface area contributed by atoms with Crippen LogP contribution in [0.15, 0.2) is 54.6 Å². The Morgan fingerprint density at radius 3 is 2.73 bits per heavy atom. The van der Waals surface area contributed by atoms with Gasteiger partial charge in [0.25, 0.3) is 5.91 Å². The molecule has 2 aromatic rings. The highest BCUT2D eigenvalue weighted by Gasteiger charge is 2.52. The van der Waals surface area contributed by atoms with Gasteiger partial charge in [0.2, 0.25) is 0 Å². The molecule has 1 fully saturated rings. The van der Waals surface area contributed by atoms with E-state index in [9.17, 15) is 23.5 Å². The predicted molar refractivity (Wildman–Crippen MR) is 122 cm³/mol. The average molecular weight is 474 g/mol. The number of aliphatic hydroxyl groups excluding tert-OH is 1. The number of amides is 1. The van der Waals surface area contributed by atoms with Crippen molar-refractivity contribution in [3.05, 3.63) is 69.9 Å². The van der Waals surface area contributed by atoms with Crippen molar-refractivity contribution in [3.8, 4) is 11.8 Å². The fraction of sp³-hybridized carbons (Fsp3) is 0.360. The minimum atomic E-state index is -3.43. The highest BCUT2D eigenvalue weighted by atomic mass is 32.1. The Morgan fingerprint density at radius 1 is 1.27 bits per heavy atom. The number of carboxylic acids is 1. The van der Waals surface area contributed by atoms with Crippen LogP contribution in [0, 0.1) is 11.8 Å². The molecule has 1 aromatic carbocycles. The second-order valence-electron chi connectivity index (χ2n) is 7.81. The number of thiophene rings is 1. The maximum atomic E-state index is 14.0. The number of aromatic carboxylic acids is 1. The number of hydrogen-bond acceptors (Lipinski definition) is 4. The summed E-state index contributed by atoms with van der Waals surface area (Å²) in [4.78, 5) is 25.3. The highest BCUT2D eigenvalue weighted by Crippen LogP contribution is 2.34. The van der Waals surface area contributed by atoms with Crippen molar-refractivity contribution >= 4 is 23.2 Å². The van der Waals surface area contributed by atoms with Crippen molar-refractivity contribution in [2.75, 3.05) is 6.54 Å². The highest BCUT2D eigenvalue weighted by molar-refractivity contribution is 7.13. The molecule has 1 aliphatic heterocycles. The molecule has 33 heavy (non-hydrogen) atoms. The van der Waals surface area contributed by atoms with Gasteiger partial charge in [-0.1, -0.05) is 42.2 Å². The van der Waals surface area contributed by atoms with Crippen molar-refractivity contribution in [2.45, 2.75) is 50.2 Å². The normalized spacial score (nSPS) is 18.3. The number of carboxylic acid groups (broad SMARTS) is 1. The zero-order valence-electron chi connectivity index (χ0n) is 17.9. The van der Waals surface area contributed by atoms with E-state index in [1.54, 1.807) is 6.07 Å². The Balaban J connectivity index is 1.52. The lowest BCUT2D eigenvalue weighted by Crippen LogP contribution is -2.36. The molecule has 0 bridgehead atoms. The molecular weight excluding hydrogens is 448 g/mol. The standard InChI is InChI=1S/C25H25F2NO4S/c26-25(27)17-19(12-13-20(29)10-5-4-9-18-7-2-1-3-8-18)28(24(25)32)16-6-11-21-14-15-22(33-21)23(30)31/h1-3,7-8,12-15,19-20,29H,5-6,10-11,16-17H2,(H,30,31)/t19-,20-/m0/s1. The number of carbonyl (C=O) groups excluding carboxylic acids is 1. The molecule has 8 heteroatoms. The first-order valence-corrected chi connectivity index (χ1v) is 11.5. The van der Waals surface area contributed by atoms with E-state index in [4.69, 9.17) is 5.11 Å². The van der Waals surface area contributed by atoms with Crippen LogP contribution >= 0.6 is 11.3 Å². The molecular formula is C25H25F2NO4S. The molecule has 2 atom stereocenters. The van der Waals surface area contributed by atoms with Gasteiger partial charge in [0.1, 0.15) is 4.88 Å². The summed E-state index contributed by atoms with van der Waals surface area (Å²) in [6.07, 6.45) is 3.19. The van der Waals surface area contributed by atoms with E-state index in [-0.39, 0.29) is 11.4 Å². The molecule has 1 aromatic heterocycles. The Bertz CT molecular complexity index is 1060. The maximum Gasteiger partial charge on any atom is 0.345 e. The fourth-order valence-corrected chi connectivity index (χ4v) is 4.46. The molecule has 1 amide bonds. The van der Waals surface area contributed by atoms with Gasteiger partial charge in [0, 0.05) is 29.8 Å². The van der Waals surface area contributed by atoms with Crippen LogP contribution in [-0.4, -0.2) is 51.6 Å². The van der Waals surface area contributed by atoms with Crippen LogP contribution in [0.25, 0.3) is 0 Å². The summed E-state index contributed by atoms with van der Waals surface area (Å²) >= 11 is 1.14. The van der Waals surface area contributed by atoms with Crippen molar-refractivity contribution in [1.29, 1.82) is 0 Å². The Hall–Kier alpha value is -3.02. The number of rotatable bonds is 9. The summed E-state index contributed by atoms with van der Waals surface area (Å²) in [5, 5.41) is 19.2. The first kappa shape index (κ1) is 24.6. The lowest BCUT2D eigenvalue weighted by molar-refractivity contribution is -0.148. The predicted octanol–water partition coefficient (Wildman–Crippen LogP) is 4.36. The summed E-state index contributed by atoms with van der Waals surface area (Å²) in [7, 11) is 0. The molecule has 2 heterocycles. The first-order chi connectivity index (χ1) is 15.8. The van der Waals surface area contributed by atoms with Crippen LogP contribution in [0.3, 0.4) is 0 Å². The number of hydrogen-bond donors (Lipinski definition) is 2. The molecule has 174 valence electrons. The number of aliphatic hydroxyl groups is 1. The minimum absolute atomic E-state index is 0.127. The van der Waals surface area contributed by atoms with Gasteiger partial charge in [0.05, 0.1) is 12.1 Å². The molecule has 2 N–H and O–H groups in total. The topological polar surface area (TPSA) is 77.8 Å². The van der Waals surface area contributed by atoms with E-state index in [1.807, 2.05) is 30.3 Å². The van der Waals surface area contributed by atoms with E-state index in [1.165, 1.54) is 18.2 Å². The molecule has 0 aliphatic carbocycles. The third-order valence-corrected chi connectivity index (χ3v) is 6.39. The summed E-state index contributed by atoms with van der Waals surface area (Å²) in [6, 6.07) is 11.9. The number of carbonyl (C=O) groups is 2. The molecule has 5 nitrogen and oxygen atoms in total. The van der Waals surface area contributed by atoms with Gasteiger partial charge >= 0.3 is 11.9 Å². The zero-order chi connectivity index (χ0) is 23.8. The molecule has 1 saturated heterocycles. The van der Waals surface area contributed by atoms with Crippen LogP contribution in [0.5, 0.6) is 0 Å². The molecule has 0 radical (unpaired) electrons. The largest absolute Gasteiger partial charge is 0.477 e. The summed E-state index contributed by atoms with van der Waals surface area (Å²) in [5.41, 5.74) is 0.881. The Kier molecular flexibility index (Phi) is 8.37. The van der Waals surface area contributed by atoms with Crippen LogP contribution in [-0.2, 0) is 11.2 Å². The average Bonchev–Trinajstić information content (AvgIpc) is 3.34. The summed E-state index contributed by atoms with van der Waals surface area (Å²) in [5.74, 6) is 0.329. The SMILES string of the molecule is O=C(O)c1ccc(CCCN2C(=O)C(F)(F)C[C@@H]2C=C[C@@H](O)CCC#Cc2ccccc2)s1. The Morgan fingerprint density at radius 2 is 2.03 bits per heavy atom. The third kappa shape index (κ3) is 6.98. The quantitative estimate of drug-likeness (QED) is 0.419. The van der Waals surface area contributed by atoms with Crippen molar-refractivity contribution < 1.29 is 28.6 Å². The molecule has 0 unspecified atom stereocenters. The minimum Gasteiger partial charge on any atom is -0.477 e. The third-order valence-electron chi connectivity index (χ3n) is 5.26. The van der Waals surface area contributed by atoms with E-state index < -0.39 is 36.4 Å². The number of halogens is 2. The van der Waals surface area contributed by atoms with Crippen molar-refractivity contribution in [3.63, 3.8) is 0 Å². The maximum absolute atomic E-state index is 14.0. The van der Waals surface area contributed by atoms with Crippen LogP contribution in [0.2, 0.25) is 0 Å². The van der Waals surface area contributed by atoms with E-state index >= 15 is 0 Å². The second-order valence-corrected chi connectivity index (χ2v) is 8.98. The molecule has 0 saturated carbocycles. The molecule has 0 spiro atoms. The summed E-state index contributed by atoms with van der Waals surface area (Å²) in [6.45, 7) is 0.127. The number of benzene rings is 1. The first-order valence-electron chi connectivity index (χ1n) is 10.7. The van der Waals surface area contributed by atoms with Gasteiger partial charge in [0.15, 0.2) is 0 Å².